The van der Waals surface area contributed by atoms with Gasteiger partial charge < -0.3 is 10.1 Å². The van der Waals surface area contributed by atoms with Crippen molar-refractivity contribution in [1.82, 2.24) is 4.31 Å². The van der Waals surface area contributed by atoms with Gasteiger partial charge in [0.2, 0.25) is 15.9 Å². The second-order valence-corrected chi connectivity index (χ2v) is 6.85. The third kappa shape index (κ3) is 3.74. The molecule has 8 heteroatoms. The SMILES string of the molecule is Cc1ccc(NC(=O)CCl)cc1S(=O)(=O)N1CCOCC1. The molecule has 0 bridgehead atoms. The summed E-state index contributed by atoms with van der Waals surface area (Å²) < 4.78 is 31.9. The minimum absolute atomic E-state index is 0.181. The molecule has 0 spiro atoms. The number of nitrogens with zero attached hydrogens (tertiary/aromatic N) is 1. The Labute approximate surface area is 129 Å². The molecule has 0 aliphatic carbocycles. The third-order valence-electron chi connectivity index (χ3n) is 3.18. The van der Waals surface area contributed by atoms with Crippen molar-refractivity contribution < 1.29 is 17.9 Å². The van der Waals surface area contributed by atoms with E-state index in [1.54, 1.807) is 19.1 Å². The van der Waals surface area contributed by atoms with Crippen LogP contribution in [0.25, 0.3) is 0 Å². The van der Waals surface area contributed by atoms with Gasteiger partial charge in [-0.1, -0.05) is 6.07 Å². The second-order valence-electron chi connectivity index (χ2n) is 4.68. The van der Waals surface area contributed by atoms with Crippen molar-refractivity contribution in [2.75, 3.05) is 37.5 Å². The number of aryl methyl sites for hydroxylation is 1. The molecule has 1 saturated heterocycles. The van der Waals surface area contributed by atoms with Gasteiger partial charge in [0.1, 0.15) is 5.88 Å². The molecule has 1 aliphatic rings. The number of hydrogen-bond acceptors (Lipinski definition) is 4. The number of rotatable bonds is 4. The number of halogens is 1. The van der Waals surface area contributed by atoms with E-state index in [0.29, 0.717) is 37.6 Å². The van der Waals surface area contributed by atoms with Gasteiger partial charge in [-0.2, -0.15) is 4.31 Å². The zero-order valence-corrected chi connectivity index (χ0v) is 13.2. The van der Waals surface area contributed by atoms with E-state index in [1.807, 2.05) is 0 Å². The first-order chi connectivity index (χ1) is 9.95. The molecule has 0 aromatic heterocycles. The fourth-order valence-corrected chi connectivity index (χ4v) is 3.80. The Morgan fingerprint density at radius 2 is 2.05 bits per heavy atom. The maximum atomic E-state index is 12.6. The number of anilines is 1. The molecule has 0 radical (unpaired) electrons. The Morgan fingerprint density at radius 1 is 1.38 bits per heavy atom. The first-order valence-corrected chi connectivity index (χ1v) is 8.47. The fraction of sp³-hybridized carbons (Fsp3) is 0.462. The number of alkyl halides is 1. The summed E-state index contributed by atoms with van der Waals surface area (Å²) in [5, 5.41) is 2.56. The van der Waals surface area contributed by atoms with Crippen molar-refractivity contribution in [2.45, 2.75) is 11.8 Å². The van der Waals surface area contributed by atoms with Gasteiger partial charge in [0.15, 0.2) is 0 Å². The Kier molecular flexibility index (Phi) is 5.21. The Hall–Kier alpha value is -1.15. The Balaban J connectivity index is 2.33. The predicted molar refractivity (Wildman–Crippen MR) is 80.1 cm³/mol. The van der Waals surface area contributed by atoms with Crippen LogP contribution in [-0.2, 0) is 19.6 Å². The molecule has 2 rings (SSSR count). The predicted octanol–water partition coefficient (Wildman–Crippen LogP) is 1.19. The van der Waals surface area contributed by atoms with Crippen LogP contribution in [0, 0.1) is 6.92 Å². The van der Waals surface area contributed by atoms with Crippen LogP contribution in [0.4, 0.5) is 5.69 Å². The van der Waals surface area contributed by atoms with Gasteiger partial charge in [0.25, 0.3) is 0 Å². The summed E-state index contributed by atoms with van der Waals surface area (Å²) in [5.74, 6) is -0.561. The van der Waals surface area contributed by atoms with Crippen LogP contribution < -0.4 is 5.32 Å². The number of sulfonamides is 1. The smallest absolute Gasteiger partial charge is 0.243 e. The molecule has 21 heavy (non-hydrogen) atoms. The highest BCUT2D eigenvalue weighted by Crippen LogP contribution is 2.24. The highest BCUT2D eigenvalue weighted by atomic mass is 35.5. The van der Waals surface area contributed by atoms with Crippen molar-refractivity contribution in [1.29, 1.82) is 0 Å². The topological polar surface area (TPSA) is 75.7 Å². The molecular weight excluding hydrogens is 316 g/mol. The number of carbonyl (C=O) groups is 1. The molecule has 6 nitrogen and oxygen atoms in total. The van der Waals surface area contributed by atoms with Gasteiger partial charge in [0, 0.05) is 18.8 Å². The van der Waals surface area contributed by atoms with E-state index in [-0.39, 0.29) is 16.7 Å². The molecule has 0 atom stereocenters. The first kappa shape index (κ1) is 16.2. The minimum atomic E-state index is -3.59. The summed E-state index contributed by atoms with van der Waals surface area (Å²) in [5.41, 5.74) is 1.04. The number of hydrogen-bond donors (Lipinski definition) is 1. The average Bonchev–Trinajstić information content (AvgIpc) is 2.49. The van der Waals surface area contributed by atoms with Gasteiger partial charge in [-0.15, -0.1) is 11.6 Å². The summed E-state index contributed by atoms with van der Waals surface area (Å²) in [6, 6.07) is 4.78. The number of morpholine rings is 1. The molecule has 0 saturated carbocycles. The van der Waals surface area contributed by atoms with Crippen molar-refractivity contribution in [2.24, 2.45) is 0 Å². The first-order valence-electron chi connectivity index (χ1n) is 6.49. The maximum absolute atomic E-state index is 12.6. The van der Waals surface area contributed by atoms with Crippen LogP contribution in [-0.4, -0.2) is 50.8 Å². The lowest BCUT2D eigenvalue weighted by Crippen LogP contribution is -2.40. The standard InChI is InChI=1S/C13H17ClN2O4S/c1-10-2-3-11(15-13(17)9-14)8-12(10)21(18,19)16-4-6-20-7-5-16/h2-3,8H,4-7,9H2,1H3,(H,15,17). The molecule has 1 aromatic rings. The number of carbonyl (C=O) groups excluding carboxylic acids is 1. The van der Waals surface area contributed by atoms with Crippen LogP contribution in [0.3, 0.4) is 0 Å². The zero-order chi connectivity index (χ0) is 15.5. The lowest BCUT2D eigenvalue weighted by molar-refractivity contribution is -0.113. The van der Waals surface area contributed by atoms with Crippen LogP contribution in [0.2, 0.25) is 0 Å². The largest absolute Gasteiger partial charge is 0.379 e. The summed E-state index contributed by atoms with van der Waals surface area (Å²) in [4.78, 5) is 11.5. The normalized spacial score (nSPS) is 16.7. The van der Waals surface area contributed by atoms with Gasteiger partial charge in [-0.05, 0) is 24.6 Å². The number of nitrogens with one attached hydrogen (secondary N) is 1. The molecule has 1 aliphatic heterocycles. The van der Waals surface area contributed by atoms with Gasteiger partial charge in [0.05, 0.1) is 18.1 Å². The highest BCUT2D eigenvalue weighted by molar-refractivity contribution is 7.89. The zero-order valence-electron chi connectivity index (χ0n) is 11.6. The van der Waals surface area contributed by atoms with E-state index in [2.05, 4.69) is 5.32 Å². The number of amides is 1. The van der Waals surface area contributed by atoms with E-state index in [1.165, 1.54) is 10.4 Å². The summed E-state index contributed by atoms with van der Waals surface area (Å²) in [7, 11) is -3.59. The van der Waals surface area contributed by atoms with E-state index < -0.39 is 10.0 Å². The van der Waals surface area contributed by atoms with Gasteiger partial charge in [-0.25, -0.2) is 8.42 Å². The molecular formula is C13H17ClN2O4S. The highest BCUT2D eigenvalue weighted by Gasteiger charge is 2.28. The maximum Gasteiger partial charge on any atom is 0.243 e. The van der Waals surface area contributed by atoms with Crippen molar-refractivity contribution >= 4 is 33.2 Å². The third-order valence-corrected chi connectivity index (χ3v) is 5.46. The minimum Gasteiger partial charge on any atom is -0.379 e. The van der Waals surface area contributed by atoms with E-state index in [9.17, 15) is 13.2 Å². The summed E-state index contributed by atoms with van der Waals surface area (Å²) >= 11 is 5.43. The lowest BCUT2D eigenvalue weighted by Gasteiger charge is -2.26. The van der Waals surface area contributed by atoms with Gasteiger partial charge in [-0.3, -0.25) is 4.79 Å². The summed E-state index contributed by atoms with van der Waals surface area (Å²) in [6.07, 6.45) is 0. The Morgan fingerprint density at radius 3 is 2.67 bits per heavy atom. The van der Waals surface area contributed by atoms with Crippen molar-refractivity contribution in [3.05, 3.63) is 23.8 Å². The van der Waals surface area contributed by atoms with E-state index in [4.69, 9.17) is 16.3 Å². The van der Waals surface area contributed by atoms with Crippen LogP contribution in [0.15, 0.2) is 23.1 Å². The van der Waals surface area contributed by atoms with Crippen LogP contribution in [0.1, 0.15) is 5.56 Å². The fourth-order valence-electron chi connectivity index (χ4n) is 2.08. The van der Waals surface area contributed by atoms with Crippen molar-refractivity contribution in [3.8, 4) is 0 Å². The molecule has 1 fully saturated rings. The molecule has 1 aromatic carbocycles. The monoisotopic (exact) mass is 332 g/mol. The van der Waals surface area contributed by atoms with Crippen LogP contribution in [0.5, 0.6) is 0 Å². The lowest BCUT2D eigenvalue weighted by atomic mass is 10.2. The van der Waals surface area contributed by atoms with Crippen molar-refractivity contribution in [3.63, 3.8) is 0 Å². The number of ether oxygens (including phenoxy) is 1. The van der Waals surface area contributed by atoms with Crippen LogP contribution >= 0.6 is 11.6 Å². The van der Waals surface area contributed by atoms with E-state index in [0.717, 1.165) is 0 Å². The van der Waals surface area contributed by atoms with E-state index >= 15 is 0 Å². The number of benzene rings is 1. The molecule has 116 valence electrons. The van der Waals surface area contributed by atoms with Gasteiger partial charge >= 0.3 is 0 Å². The second kappa shape index (κ2) is 6.74. The quantitative estimate of drug-likeness (QED) is 0.840. The Bertz CT molecular complexity index is 627. The molecule has 1 amide bonds. The summed E-state index contributed by atoms with van der Waals surface area (Å²) in [6.45, 7) is 3.17. The average molecular weight is 333 g/mol. The molecule has 0 unspecified atom stereocenters. The molecule has 1 heterocycles. The molecule has 1 N–H and O–H groups in total.